The van der Waals surface area contributed by atoms with Crippen LogP contribution in [0.25, 0.3) is 11.1 Å². The lowest BCUT2D eigenvalue weighted by Crippen LogP contribution is -2.24. The Balaban J connectivity index is 2.04. The summed E-state index contributed by atoms with van der Waals surface area (Å²) in [7, 11) is 0. The van der Waals surface area contributed by atoms with E-state index < -0.39 is 17.3 Å². The van der Waals surface area contributed by atoms with Gasteiger partial charge in [-0.15, -0.1) is 0 Å². The number of nitrogens with one attached hydrogen (secondary N) is 2. The minimum Gasteiger partial charge on any atom is -0.328 e. The Hall–Kier alpha value is -3.21. The maximum Gasteiger partial charge on any atom is 0.261 e. The Morgan fingerprint density at radius 3 is 2.39 bits per heavy atom. The van der Waals surface area contributed by atoms with Crippen LogP contribution in [0.5, 0.6) is 0 Å². The van der Waals surface area contributed by atoms with Gasteiger partial charge in [0.15, 0.2) is 0 Å². The van der Waals surface area contributed by atoms with Crippen LogP contribution < -0.4 is 10.9 Å². The van der Waals surface area contributed by atoms with Crippen molar-refractivity contribution >= 4 is 11.6 Å². The number of halogens is 1. The van der Waals surface area contributed by atoms with Gasteiger partial charge >= 0.3 is 0 Å². The maximum atomic E-state index is 13.7. The number of H-pyrrole nitrogens is 1. The van der Waals surface area contributed by atoms with Gasteiger partial charge in [-0.05, 0) is 23.8 Å². The van der Waals surface area contributed by atoms with E-state index in [1.54, 1.807) is 24.3 Å². The molecule has 3 aromatic rings. The number of anilines is 1. The van der Waals surface area contributed by atoms with E-state index in [0.717, 1.165) is 5.56 Å². The molecule has 4 nitrogen and oxygen atoms in total. The van der Waals surface area contributed by atoms with Gasteiger partial charge in [0.25, 0.3) is 11.5 Å². The normalized spacial score (nSPS) is 10.3. The number of aromatic amines is 1. The average Bonchev–Trinajstić information content (AvgIpc) is 2.57. The molecule has 0 aliphatic carbocycles. The molecule has 0 fully saturated rings. The summed E-state index contributed by atoms with van der Waals surface area (Å²) in [5.41, 5.74) is 0.669. The molecule has 0 spiro atoms. The molecule has 0 saturated heterocycles. The topological polar surface area (TPSA) is 62.0 Å². The van der Waals surface area contributed by atoms with Crippen LogP contribution in [0.4, 0.5) is 10.1 Å². The predicted octanol–water partition coefficient (Wildman–Crippen LogP) is 3.43. The van der Waals surface area contributed by atoms with Gasteiger partial charge in [-0.25, -0.2) is 4.39 Å². The molecular weight excluding hydrogens is 295 g/mol. The van der Waals surface area contributed by atoms with E-state index in [2.05, 4.69) is 10.3 Å². The summed E-state index contributed by atoms with van der Waals surface area (Å²) in [6, 6.07) is 16.5. The molecule has 0 unspecified atom stereocenters. The molecule has 2 aromatic carbocycles. The van der Waals surface area contributed by atoms with Gasteiger partial charge in [-0.2, -0.15) is 0 Å². The molecule has 1 aromatic heterocycles. The number of carbonyl (C=O) groups excluding carboxylic acids is 1. The zero-order chi connectivity index (χ0) is 16.2. The summed E-state index contributed by atoms with van der Waals surface area (Å²) in [4.78, 5) is 27.1. The average molecular weight is 308 g/mol. The molecule has 1 heterocycles. The second-order valence-electron chi connectivity index (χ2n) is 4.90. The summed E-state index contributed by atoms with van der Waals surface area (Å²) < 4.78 is 13.7. The minimum atomic E-state index is -0.657. The van der Waals surface area contributed by atoms with Crippen molar-refractivity contribution in [3.05, 3.63) is 88.6 Å². The smallest absolute Gasteiger partial charge is 0.261 e. The number of carbonyl (C=O) groups is 1. The number of pyridine rings is 1. The van der Waals surface area contributed by atoms with Crippen LogP contribution >= 0.6 is 0 Å². The fourth-order valence-corrected chi connectivity index (χ4v) is 2.31. The van der Waals surface area contributed by atoms with Gasteiger partial charge in [0, 0.05) is 11.8 Å². The van der Waals surface area contributed by atoms with E-state index in [9.17, 15) is 14.0 Å². The molecule has 0 bridgehead atoms. The van der Waals surface area contributed by atoms with E-state index in [-0.39, 0.29) is 11.3 Å². The SMILES string of the molecule is O=C(Nc1ccccc1F)c1c(-c2ccccc2)cc[nH]c1=O. The summed E-state index contributed by atoms with van der Waals surface area (Å²) in [5.74, 6) is -1.22. The Labute approximate surface area is 131 Å². The van der Waals surface area contributed by atoms with Crippen molar-refractivity contribution in [2.45, 2.75) is 0 Å². The third-order valence-corrected chi connectivity index (χ3v) is 3.39. The Morgan fingerprint density at radius 2 is 1.65 bits per heavy atom. The Kier molecular flexibility index (Phi) is 4.01. The summed E-state index contributed by atoms with van der Waals surface area (Å²) in [6.07, 6.45) is 1.48. The Morgan fingerprint density at radius 1 is 0.957 bits per heavy atom. The number of benzene rings is 2. The monoisotopic (exact) mass is 308 g/mol. The predicted molar refractivity (Wildman–Crippen MR) is 86.9 cm³/mol. The summed E-state index contributed by atoms with van der Waals surface area (Å²) in [6.45, 7) is 0. The van der Waals surface area contributed by atoms with Crippen LogP contribution in [-0.4, -0.2) is 10.9 Å². The van der Waals surface area contributed by atoms with Crippen LogP contribution in [0, 0.1) is 5.82 Å². The molecule has 3 rings (SSSR count). The molecular formula is C18H13FN2O2. The van der Waals surface area contributed by atoms with Crippen molar-refractivity contribution in [2.24, 2.45) is 0 Å². The lowest BCUT2D eigenvalue weighted by Gasteiger charge is -2.10. The third-order valence-electron chi connectivity index (χ3n) is 3.39. The lowest BCUT2D eigenvalue weighted by molar-refractivity contribution is 0.102. The number of aromatic nitrogens is 1. The van der Waals surface area contributed by atoms with Gasteiger partial charge in [-0.3, -0.25) is 9.59 Å². The molecule has 23 heavy (non-hydrogen) atoms. The molecule has 0 radical (unpaired) electrons. The largest absolute Gasteiger partial charge is 0.328 e. The van der Waals surface area contributed by atoms with Crippen molar-refractivity contribution in [2.75, 3.05) is 5.32 Å². The van der Waals surface area contributed by atoms with Crippen molar-refractivity contribution in [3.8, 4) is 11.1 Å². The first-order valence-corrected chi connectivity index (χ1v) is 7.00. The van der Waals surface area contributed by atoms with Gasteiger partial charge < -0.3 is 10.3 Å². The third kappa shape index (κ3) is 3.03. The number of hydrogen-bond acceptors (Lipinski definition) is 2. The number of amides is 1. The fourth-order valence-electron chi connectivity index (χ4n) is 2.31. The number of rotatable bonds is 3. The minimum absolute atomic E-state index is 0.0276. The highest BCUT2D eigenvalue weighted by Crippen LogP contribution is 2.22. The molecule has 1 amide bonds. The second kappa shape index (κ2) is 6.27. The number of hydrogen-bond donors (Lipinski definition) is 2. The maximum absolute atomic E-state index is 13.7. The quantitative estimate of drug-likeness (QED) is 0.778. The van der Waals surface area contributed by atoms with E-state index in [0.29, 0.717) is 5.56 Å². The van der Waals surface area contributed by atoms with Crippen molar-refractivity contribution < 1.29 is 9.18 Å². The van der Waals surface area contributed by atoms with Gasteiger partial charge in [-0.1, -0.05) is 42.5 Å². The van der Waals surface area contributed by atoms with Crippen molar-refractivity contribution in [3.63, 3.8) is 0 Å². The zero-order valence-corrected chi connectivity index (χ0v) is 12.0. The molecule has 0 atom stereocenters. The highest BCUT2D eigenvalue weighted by Gasteiger charge is 2.18. The summed E-state index contributed by atoms with van der Waals surface area (Å²) >= 11 is 0. The molecule has 0 saturated carbocycles. The highest BCUT2D eigenvalue weighted by atomic mass is 19.1. The van der Waals surface area contributed by atoms with E-state index >= 15 is 0 Å². The lowest BCUT2D eigenvalue weighted by atomic mass is 10.0. The van der Waals surface area contributed by atoms with Crippen LogP contribution in [0.1, 0.15) is 10.4 Å². The molecule has 0 aliphatic rings. The van der Waals surface area contributed by atoms with Gasteiger partial charge in [0.05, 0.1) is 5.69 Å². The van der Waals surface area contributed by atoms with E-state index in [1.165, 1.54) is 24.4 Å². The molecule has 5 heteroatoms. The van der Waals surface area contributed by atoms with Gasteiger partial charge in [0.2, 0.25) is 0 Å². The molecule has 2 N–H and O–H groups in total. The van der Waals surface area contributed by atoms with Crippen LogP contribution in [0.15, 0.2) is 71.7 Å². The van der Waals surface area contributed by atoms with Crippen LogP contribution in [0.2, 0.25) is 0 Å². The first-order valence-electron chi connectivity index (χ1n) is 7.00. The second-order valence-corrected chi connectivity index (χ2v) is 4.90. The first-order chi connectivity index (χ1) is 11.2. The zero-order valence-electron chi connectivity index (χ0n) is 12.0. The van der Waals surface area contributed by atoms with Crippen molar-refractivity contribution in [1.29, 1.82) is 0 Å². The van der Waals surface area contributed by atoms with Crippen LogP contribution in [-0.2, 0) is 0 Å². The number of para-hydroxylation sites is 1. The van der Waals surface area contributed by atoms with E-state index in [1.807, 2.05) is 18.2 Å². The first kappa shape index (κ1) is 14.7. The summed E-state index contributed by atoms with van der Waals surface area (Å²) in [5, 5.41) is 2.44. The standard InChI is InChI=1S/C18H13FN2O2/c19-14-8-4-5-9-15(14)21-18(23)16-13(10-11-20-17(16)22)12-6-2-1-3-7-12/h1-11H,(H,20,22)(H,21,23). The van der Waals surface area contributed by atoms with E-state index in [4.69, 9.17) is 0 Å². The van der Waals surface area contributed by atoms with Crippen LogP contribution in [0.3, 0.4) is 0 Å². The molecule has 0 aliphatic heterocycles. The fraction of sp³-hybridized carbons (Fsp3) is 0. The molecule has 114 valence electrons. The Bertz CT molecular complexity index is 904. The van der Waals surface area contributed by atoms with Crippen molar-refractivity contribution in [1.82, 2.24) is 4.98 Å². The highest BCUT2D eigenvalue weighted by molar-refractivity contribution is 6.08. The van der Waals surface area contributed by atoms with Gasteiger partial charge in [0.1, 0.15) is 11.4 Å².